The first-order chi connectivity index (χ1) is 10.2. The van der Waals surface area contributed by atoms with E-state index in [1.165, 1.54) is 18.4 Å². The van der Waals surface area contributed by atoms with E-state index in [1.54, 1.807) is 13.0 Å². The normalized spacial score (nSPS) is 13.7. The molecule has 5 nitrogen and oxygen atoms in total. The number of hydrogen-bond donors (Lipinski definition) is 2. The molecule has 1 heterocycles. The van der Waals surface area contributed by atoms with Gasteiger partial charge in [-0.15, -0.1) is 11.3 Å². The molecule has 0 saturated heterocycles. The van der Waals surface area contributed by atoms with Crippen molar-refractivity contribution in [3.63, 3.8) is 0 Å². The minimum absolute atomic E-state index is 0.146. The van der Waals surface area contributed by atoms with Crippen LogP contribution in [0.4, 0.5) is 5.69 Å². The van der Waals surface area contributed by atoms with Gasteiger partial charge in [-0.1, -0.05) is 11.8 Å². The van der Waals surface area contributed by atoms with Gasteiger partial charge in [0.05, 0.1) is 21.5 Å². The van der Waals surface area contributed by atoms with Gasteiger partial charge in [-0.05, 0) is 33.8 Å². The first-order valence-corrected chi connectivity index (χ1v) is 7.64. The molecule has 0 fully saturated rings. The average molecular weight is 323 g/mol. The second-order valence-corrected chi connectivity index (χ2v) is 6.99. The van der Waals surface area contributed by atoms with Crippen molar-refractivity contribution in [2.45, 2.75) is 39.8 Å². The van der Waals surface area contributed by atoms with Gasteiger partial charge in [-0.25, -0.2) is 4.79 Å². The number of carboxylic acids is 1. The Morgan fingerprint density at radius 1 is 1.50 bits per heavy atom. The average Bonchev–Trinajstić information content (AvgIpc) is 2.83. The van der Waals surface area contributed by atoms with Crippen LogP contribution in [0.3, 0.4) is 0 Å². The van der Waals surface area contributed by atoms with Gasteiger partial charge >= 0.3 is 5.97 Å². The van der Waals surface area contributed by atoms with Crippen LogP contribution in [0.15, 0.2) is 6.07 Å². The van der Waals surface area contributed by atoms with E-state index in [0.29, 0.717) is 21.7 Å². The summed E-state index contributed by atoms with van der Waals surface area (Å²) in [6, 6.07) is 0.757. The number of rotatable bonds is 6. The van der Waals surface area contributed by atoms with Crippen molar-refractivity contribution in [1.82, 2.24) is 0 Å². The summed E-state index contributed by atoms with van der Waals surface area (Å²) < 4.78 is 5.06. The number of methoxy groups -OCH3 is 1. The molecule has 0 aliphatic carbocycles. The van der Waals surface area contributed by atoms with Crippen molar-refractivity contribution in [3.8, 4) is 11.8 Å². The molecule has 0 aromatic carbocycles. The summed E-state index contributed by atoms with van der Waals surface area (Å²) in [6.07, 6.45) is 0.159. The lowest BCUT2D eigenvalue weighted by Gasteiger charge is -2.20. The van der Waals surface area contributed by atoms with Gasteiger partial charge < -0.3 is 15.2 Å². The second kappa shape index (κ2) is 7.43. The third-order valence-electron chi connectivity index (χ3n) is 2.85. The lowest BCUT2D eigenvalue weighted by molar-refractivity contribution is -0.140. The monoisotopic (exact) mass is 323 g/mol. The highest BCUT2D eigenvalue weighted by Gasteiger charge is 2.26. The van der Waals surface area contributed by atoms with E-state index in [1.807, 2.05) is 20.8 Å². The molecular formula is C16H21NO4S. The summed E-state index contributed by atoms with van der Waals surface area (Å²) in [5, 5.41) is 12.1. The number of carbonyl (C=O) groups excluding carboxylic acids is 1. The van der Waals surface area contributed by atoms with Crippen molar-refractivity contribution in [2.24, 2.45) is 5.41 Å². The van der Waals surface area contributed by atoms with Crippen LogP contribution in [-0.2, 0) is 9.53 Å². The fourth-order valence-corrected chi connectivity index (χ4v) is 2.39. The molecule has 1 unspecified atom stereocenters. The molecule has 2 atom stereocenters. The third kappa shape index (κ3) is 5.17. The van der Waals surface area contributed by atoms with Crippen LogP contribution in [0.25, 0.3) is 0 Å². The van der Waals surface area contributed by atoms with Crippen molar-refractivity contribution in [3.05, 3.63) is 15.8 Å². The molecule has 1 aromatic rings. The molecule has 1 rings (SSSR count). The van der Waals surface area contributed by atoms with Gasteiger partial charge in [0.25, 0.3) is 0 Å². The smallest absolute Gasteiger partial charge is 0.328 e. The number of thiophene rings is 1. The summed E-state index contributed by atoms with van der Waals surface area (Å²) in [5.41, 5.74) is 0.321. The Kier molecular flexibility index (Phi) is 6.15. The molecule has 0 aliphatic heterocycles. The molecule has 0 radical (unpaired) electrons. The molecular weight excluding hydrogens is 302 g/mol. The zero-order valence-electron chi connectivity index (χ0n) is 13.4. The van der Waals surface area contributed by atoms with Gasteiger partial charge in [0.2, 0.25) is 0 Å². The van der Waals surface area contributed by atoms with Gasteiger partial charge in [-0.2, -0.15) is 0 Å². The third-order valence-corrected chi connectivity index (χ3v) is 3.82. The molecule has 22 heavy (non-hydrogen) atoms. The number of carbonyl (C=O) groups is 2. The molecule has 2 N–H and O–H groups in total. The molecule has 0 amide bonds. The van der Waals surface area contributed by atoms with Crippen molar-refractivity contribution in [1.29, 1.82) is 0 Å². The standard InChI is InChI=1S/C16H21NO4S/c1-10(21-5)14(15(19)20)17-12-8-11(22-13(12)9-18)6-7-16(2,3)4/h8-10,14,17H,1-5H3,(H,19,20)/t10-,14?/m0/s1. The number of nitrogens with one attached hydrogen (secondary N) is 1. The van der Waals surface area contributed by atoms with E-state index in [9.17, 15) is 14.7 Å². The minimum Gasteiger partial charge on any atom is -0.480 e. The largest absolute Gasteiger partial charge is 0.480 e. The maximum atomic E-state index is 11.3. The van der Waals surface area contributed by atoms with Crippen LogP contribution >= 0.6 is 11.3 Å². The quantitative estimate of drug-likeness (QED) is 0.622. The summed E-state index contributed by atoms with van der Waals surface area (Å²) in [4.78, 5) is 23.6. The Morgan fingerprint density at radius 3 is 2.59 bits per heavy atom. The van der Waals surface area contributed by atoms with E-state index >= 15 is 0 Å². The predicted molar refractivity (Wildman–Crippen MR) is 87.6 cm³/mol. The van der Waals surface area contributed by atoms with E-state index in [-0.39, 0.29) is 5.41 Å². The second-order valence-electron chi connectivity index (χ2n) is 5.91. The number of ether oxygens (including phenoxy) is 1. The zero-order chi connectivity index (χ0) is 16.9. The molecule has 120 valence electrons. The number of aldehydes is 1. The SMILES string of the molecule is CO[C@@H](C)C(Nc1cc(C#CC(C)(C)C)sc1C=O)C(=O)O. The van der Waals surface area contributed by atoms with Gasteiger partial charge in [-0.3, -0.25) is 4.79 Å². The first-order valence-electron chi connectivity index (χ1n) is 6.82. The lowest BCUT2D eigenvalue weighted by Crippen LogP contribution is -2.40. The van der Waals surface area contributed by atoms with Crippen LogP contribution in [0.1, 0.15) is 42.2 Å². The van der Waals surface area contributed by atoms with Crippen LogP contribution in [0, 0.1) is 17.3 Å². The molecule has 0 aliphatic rings. The maximum absolute atomic E-state index is 11.3. The Bertz CT molecular complexity index is 604. The van der Waals surface area contributed by atoms with Crippen molar-refractivity contribution in [2.75, 3.05) is 12.4 Å². The van der Waals surface area contributed by atoms with Crippen LogP contribution in [0.5, 0.6) is 0 Å². The van der Waals surface area contributed by atoms with Gasteiger partial charge in [0.1, 0.15) is 0 Å². The lowest BCUT2D eigenvalue weighted by atomic mass is 9.98. The number of hydrogen-bond acceptors (Lipinski definition) is 5. The van der Waals surface area contributed by atoms with Crippen molar-refractivity contribution < 1.29 is 19.4 Å². The summed E-state index contributed by atoms with van der Waals surface area (Å²) in [6.45, 7) is 7.63. The number of aliphatic carboxylic acids is 1. The molecule has 0 spiro atoms. The van der Waals surface area contributed by atoms with Crippen molar-refractivity contribution >= 4 is 29.3 Å². The van der Waals surface area contributed by atoms with Crippen LogP contribution in [0.2, 0.25) is 0 Å². The molecule has 6 heteroatoms. The Morgan fingerprint density at radius 2 is 2.14 bits per heavy atom. The van der Waals surface area contributed by atoms with Crippen LogP contribution < -0.4 is 5.32 Å². The Labute approximate surface area is 134 Å². The molecule has 0 bridgehead atoms. The Balaban J connectivity index is 3.08. The summed E-state index contributed by atoms with van der Waals surface area (Å²) in [5.74, 6) is 5.06. The van der Waals surface area contributed by atoms with E-state index in [4.69, 9.17) is 4.74 Å². The maximum Gasteiger partial charge on any atom is 0.328 e. The zero-order valence-corrected chi connectivity index (χ0v) is 14.2. The summed E-state index contributed by atoms with van der Waals surface area (Å²) in [7, 11) is 1.44. The highest BCUT2D eigenvalue weighted by atomic mass is 32.1. The van der Waals surface area contributed by atoms with E-state index < -0.39 is 18.1 Å². The fraction of sp³-hybridized carbons (Fsp3) is 0.500. The Hall–Kier alpha value is -1.84. The van der Waals surface area contributed by atoms with E-state index in [2.05, 4.69) is 17.2 Å². The molecule has 0 saturated carbocycles. The first kappa shape index (κ1) is 18.2. The molecule has 1 aromatic heterocycles. The number of anilines is 1. The predicted octanol–water partition coefficient (Wildman–Crippen LogP) is 2.86. The van der Waals surface area contributed by atoms with Gasteiger partial charge in [0, 0.05) is 12.5 Å². The number of carboxylic acid groups (broad SMARTS) is 1. The van der Waals surface area contributed by atoms with Gasteiger partial charge in [0.15, 0.2) is 12.3 Å². The highest BCUT2D eigenvalue weighted by molar-refractivity contribution is 7.14. The minimum atomic E-state index is -1.04. The van der Waals surface area contributed by atoms with Crippen LogP contribution in [-0.4, -0.2) is 36.6 Å². The topological polar surface area (TPSA) is 75.6 Å². The fourth-order valence-electron chi connectivity index (χ4n) is 1.60. The highest BCUT2D eigenvalue weighted by Crippen LogP contribution is 2.27. The van der Waals surface area contributed by atoms with E-state index in [0.717, 1.165) is 0 Å². The summed E-state index contributed by atoms with van der Waals surface area (Å²) >= 11 is 1.24.